The topological polar surface area (TPSA) is 220 Å². The number of nitrogens with zero attached hydrogens (tertiary/aromatic N) is 6. The van der Waals surface area contributed by atoms with Gasteiger partial charge in [0, 0.05) is 141 Å². The third-order valence-electron chi connectivity index (χ3n) is 24.4. The zero-order valence-electron chi connectivity index (χ0n) is 69.8. The Balaban J connectivity index is 0.000000110. The minimum Gasteiger partial charge on any atom is -0.508 e. The quantitative estimate of drug-likeness (QED) is 0.0543. The zero-order valence-corrected chi connectivity index (χ0v) is 69.8. The van der Waals surface area contributed by atoms with Crippen molar-refractivity contribution in [2.24, 2.45) is 0 Å². The number of H-pyrrole nitrogens is 2. The maximum Gasteiger partial charge on any atom is 0.410 e. The number of para-hydroxylation sites is 5. The first-order chi connectivity index (χ1) is 61.4. The molecule has 125 heavy (non-hydrogen) atoms. The van der Waals surface area contributed by atoms with Crippen LogP contribution >= 0.6 is 0 Å². The van der Waals surface area contributed by atoms with Gasteiger partial charge < -0.3 is 78.5 Å². The maximum absolute atomic E-state index is 13.1. The van der Waals surface area contributed by atoms with Gasteiger partial charge in [-0.3, -0.25) is 4.79 Å². The standard InChI is InChI=1S/C33H30N2O3.C25H22N2O3.C19H18N2O2.C18H18N2O.C11H12N2/c36-33(38-24-27-11-5-2-6-12-27)34-20-19-30-29-13-7-8-14-31(29)35(32(30)22-34)21-25-15-17-28(18-16-25)37-23-26-9-3-1-4-10-26;28-19-9-5-17(6-10-19)15-27-23-4-2-1-3-21(23)22-13-14-26(16-24(22)27)25(30)18-7-11-20(29)12-8-18;22-19(23-13-14-6-2-1-3-7-14)21-11-10-16-15-8-4-5-9-17(15)20-18(16)12-21;21-14-7-5-13(6-8-14)12-20-17-4-2-1-3-15(17)16-9-10-19-11-18(16)20;1-2-4-10-8(3-1)9-5-6-12-7-11(9)13-10/h1-18H,19-24H2;1-12,28-29H,13-16H2;1-9,20H,10-13H2;1-8,19,21H,9-12H2;1-4,12-13H,5-7H2. The van der Waals surface area contributed by atoms with Gasteiger partial charge >= 0.3 is 12.2 Å². The number of rotatable bonds is 14. The number of hydrogen-bond acceptors (Lipinski definition) is 11. The molecule has 10 heterocycles. The molecule has 5 aromatic heterocycles. The summed E-state index contributed by atoms with van der Waals surface area (Å²) in [6.45, 7) is 11.2. The van der Waals surface area contributed by atoms with Gasteiger partial charge in [-0.2, -0.15) is 0 Å². The Morgan fingerprint density at radius 1 is 0.312 bits per heavy atom. The molecule has 19 heteroatoms. The summed E-state index contributed by atoms with van der Waals surface area (Å²) < 4.78 is 24.1. The highest BCUT2D eigenvalue weighted by molar-refractivity contribution is 5.95. The first-order valence-electron chi connectivity index (χ1n) is 43.1. The summed E-state index contributed by atoms with van der Waals surface area (Å²) in [5, 5.41) is 41.9. The number of phenols is 3. The van der Waals surface area contributed by atoms with Crippen molar-refractivity contribution < 1.29 is 43.9 Å². The van der Waals surface area contributed by atoms with Crippen molar-refractivity contribution in [1.82, 2.24) is 49.0 Å². The number of fused-ring (bicyclic) bond motifs is 15. The summed E-state index contributed by atoms with van der Waals surface area (Å²) in [5.74, 6) is 1.55. The molecule has 628 valence electrons. The first kappa shape index (κ1) is 81.5. The van der Waals surface area contributed by atoms with Crippen molar-refractivity contribution >= 4 is 72.6 Å². The second-order valence-corrected chi connectivity index (χ2v) is 32.4. The van der Waals surface area contributed by atoms with Crippen LogP contribution in [0.3, 0.4) is 0 Å². The molecular formula is C106H100N10O9. The number of ether oxygens (including phenoxy) is 3. The van der Waals surface area contributed by atoms with E-state index in [2.05, 4.69) is 168 Å². The van der Waals surface area contributed by atoms with Crippen LogP contribution in [0.15, 0.2) is 309 Å². The van der Waals surface area contributed by atoms with Gasteiger partial charge in [-0.05, 0) is 197 Å². The van der Waals surface area contributed by atoms with E-state index < -0.39 is 0 Å². The van der Waals surface area contributed by atoms with Gasteiger partial charge in [0.05, 0.1) is 19.6 Å². The summed E-state index contributed by atoms with van der Waals surface area (Å²) in [6, 6.07) is 102. The molecule has 0 aliphatic carbocycles. The molecule has 3 amide bonds. The van der Waals surface area contributed by atoms with Crippen molar-refractivity contribution in [1.29, 1.82) is 0 Å². The summed E-state index contributed by atoms with van der Waals surface area (Å²) >= 11 is 0. The normalized spacial score (nSPS) is 13.7. The molecule has 0 unspecified atom stereocenters. The van der Waals surface area contributed by atoms with E-state index in [1.165, 1.54) is 99.5 Å². The fourth-order valence-corrected chi connectivity index (χ4v) is 18.0. The summed E-state index contributed by atoms with van der Waals surface area (Å²) in [7, 11) is 0. The third kappa shape index (κ3) is 18.6. The number of carbonyl (C=O) groups excluding carboxylic acids is 3. The molecule has 22 rings (SSSR count). The lowest BCUT2D eigenvalue weighted by Crippen LogP contribution is -2.37. The van der Waals surface area contributed by atoms with Crippen LogP contribution in [0.25, 0.3) is 54.5 Å². The lowest BCUT2D eigenvalue weighted by Gasteiger charge is -2.29. The maximum atomic E-state index is 13.1. The Morgan fingerprint density at radius 2 is 0.672 bits per heavy atom. The average Bonchev–Trinajstić information content (AvgIpc) is 1.61. The number of nitrogens with one attached hydrogen (secondary N) is 4. The van der Waals surface area contributed by atoms with Crippen molar-refractivity contribution in [3.05, 3.63) is 405 Å². The average molecular weight is 1660 g/mol. The summed E-state index contributed by atoms with van der Waals surface area (Å²) in [4.78, 5) is 50.6. The Bertz CT molecular complexity index is 6620. The fourth-order valence-electron chi connectivity index (χ4n) is 18.0. The minimum absolute atomic E-state index is 0.0258. The SMILES string of the molecule is O=C(OCc1ccccc1)N1CCc2c([nH]c3ccccc23)C1.O=C(OCc1ccccc1)N1CCc2c(n(Cc3ccc(OCc4ccccc4)cc3)c3ccccc23)C1.O=C(c1ccc(O)cc1)N1CCc2c(n(Cc3ccc(O)cc3)c3ccccc23)C1.Oc1ccc(Cn2c3c(c4ccccc42)CCNC3)cc1.c1ccc2c3c([nH]c2c1)CNCC3. The van der Waals surface area contributed by atoms with Crippen LogP contribution in [0.2, 0.25) is 0 Å². The molecule has 7 N–H and O–H groups in total. The van der Waals surface area contributed by atoms with E-state index in [-0.39, 0.29) is 36.2 Å². The van der Waals surface area contributed by atoms with Gasteiger partial charge in [-0.1, -0.05) is 218 Å². The highest BCUT2D eigenvalue weighted by Crippen LogP contribution is 2.37. The molecular weight excluding hydrogens is 1560 g/mol. The van der Waals surface area contributed by atoms with Gasteiger partial charge in [0.25, 0.3) is 5.91 Å². The van der Waals surface area contributed by atoms with Crippen LogP contribution < -0.4 is 15.4 Å². The second kappa shape index (κ2) is 37.8. The van der Waals surface area contributed by atoms with Crippen LogP contribution in [-0.4, -0.2) is 105 Å². The Kier molecular flexibility index (Phi) is 24.7. The lowest BCUT2D eigenvalue weighted by molar-refractivity contribution is 0.0730. The van der Waals surface area contributed by atoms with Crippen molar-refractivity contribution in [3.63, 3.8) is 0 Å². The fraction of sp³-hybridized carbons (Fsp3) is 0.198. The number of amides is 3. The molecule has 12 aromatic carbocycles. The van der Waals surface area contributed by atoms with Gasteiger partial charge in [0.15, 0.2) is 0 Å². The highest BCUT2D eigenvalue weighted by Gasteiger charge is 2.31. The molecule has 5 aliphatic heterocycles. The van der Waals surface area contributed by atoms with Gasteiger partial charge in [0.1, 0.15) is 42.8 Å². The number of aromatic amines is 2. The zero-order chi connectivity index (χ0) is 85.0. The number of aromatic hydroxyl groups is 3. The first-order valence-corrected chi connectivity index (χ1v) is 43.1. The molecule has 17 aromatic rings. The van der Waals surface area contributed by atoms with Crippen LogP contribution in [-0.2, 0) is 114 Å². The molecule has 0 fully saturated rings. The van der Waals surface area contributed by atoms with Gasteiger partial charge in [0.2, 0.25) is 0 Å². The number of phenolic OH excluding ortho intramolecular Hbond substituents is 3. The number of hydrogen-bond donors (Lipinski definition) is 7. The van der Waals surface area contributed by atoms with Crippen molar-refractivity contribution in [2.75, 3.05) is 32.7 Å². The van der Waals surface area contributed by atoms with E-state index >= 15 is 0 Å². The van der Waals surface area contributed by atoms with Crippen LogP contribution in [0, 0.1) is 0 Å². The van der Waals surface area contributed by atoms with Crippen molar-refractivity contribution in [2.45, 2.75) is 104 Å². The van der Waals surface area contributed by atoms with E-state index in [1.54, 1.807) is 53.4 Å². The van der Waals surface area contributed by atoms with Crippen molar-refractivity contribution in [3.8, 4) is 23.0 Å². The summed E-state index contributed by atoms with van der Waals surface area (Å²) in [5.41, 5.74) is 26.5. The Hall–Kier alpha value is -14.5. The Labute approximate surface area is 725 Å². The number of aromatic nitrogens is 5. The largest absolute Gasteiger partial charge is 0.508 e. The van der Waals surface area contributed by atoms with E-state index in [0.717, 1.165) is 122 Å². The van der Waals surface area contributed by atoms with Crippen LogP contribution in [0.5, 0.6) is 23.0 Å². The van der Waals surface area contributed by atoms with E-state index in [9.17, 15) is 29.7 Å². The Morgan fingerprint density at radius 3 is 1.17 bits per heavy atom. The summed E-state index contributed by atoms with van der Waals surface area (Å²) in [6.07, 6.45) is 4.21. The molecule has 0 saturated carbocycles. The number of benzene rings is 12. The minimum atomic E-state index is -0.267. The van der Waals surface area contributed by atoms with Gasteiger partial charge in [-0.15, -0.1) is 0 Å². The monoisotopic (exact) mass is 1660 g/mol. The number of carbonyl (C=O) groups is 3. The molecule has 19 nitrogen and oxygen atoms in total. The molecule has 0 atom stereocenters. The molecule has 0 spiro atoms. The predicted octanol–water partition coefficient (Wildman–Crippen LogP) is 20.0. The van der Waals surface area contributed by atoms with E-state index in [0.29, 0.717) is 70.3 Å². The predicted molar refractivity (Wildman–Crippen MR) is 492 cm³/mol. The van der Waals surface area contributed by atoms with Crippen LogP contribution in [0.4, 0.5) is 9.59 Å². The van der Waals surface area contributed by atoms with E-state index in [1.807, 2.05) is 137 Å². The molecule has 0 saturated heterocycles. The third-order valence-corrected chi connectivity index (χ3v) is 24.4. The second-order valence-electron chi connectivity index (χ2n) is 32.4. The van der Waals surface area contributed by atoms with Gasteiger partial charge in [-0.25, -0.2) is 9.59 Å². The smallest absolute Gasteiger partial charge is 0.410 e. The van der Waals surface area contributed by atoms with E-state index in [4.69, 9.17) is 14.2 Å². The molecule has 0 radical (unpaired) electrons. The lowest BCUT2D eigenvalue weighted by atomic mass is 10.0. The molecule has 5 aliphatic rings. The molecule has 0 bridgehead atoms. The highest BCUT2D eigenvalue weighted by atomic mass is 16.6. The van der Waals surface area contributed by atoms with Crippen LogP contribution in [0.1, 0.15) is 100 Å².